The summed E-state index contributed by atoms with van der Waals surface area (Å²) in [5.41, 5.74) is 1.33. The lowest BCUT2D eigenvalue weighted by atomic mass is 9.95. The molecular formula is C12H13NO2. The van der Waals surface area contributed by atoms with Gasteiger partial charge in [0.2, 0.25) is 6.41 Å². The number of nitrogens with zero attached hydrogens (tertiary/aromatic N) is 1. The first-order chi connectivity index (χ1) is 7.24. The number of rotatable bonds is 2. The van der Waals surface area contributed by atoms with E-state index in [2.05, 4.69) is 0 Å². The Balaban J connectivity index is 1.93. The predicted molar refractivity (Wildman–Crippen MR) is 55.5 cm³/mol. The first-order valence-corrected chi connectivity index (χ1v) is 5.23. The molecule has 15 heavy (non-hydrogen) atoms. The maximum Gasteiger partial charge on any atom is 0.209 e. The number of carbonyl (C=O) groups is 1. The third-order valence-electron chi connectivity index (χ3n) is 3.74. The topological polar surface area (TPSA) is 40.5 Å². The lowest BCUT2D eigenvalue weighted by molar-refractivity contribution is -0.117. The fourth-order valence-corrected chi connectivity index (χ4v) is 2.86. The number of phenolic OH excluding ortho intramolecular Hbond substituents is 1. The second kappa shape index (κ2) is 2.75. The summed E-state index contributed by atoms with van der Waals surface area (Å²) in [4.78, 5) is 12.5. The molecule has 0 spiro atoms. The summed E-state index contributed by atoms with van der Waals surface area (Å²) in [6.45, 7) is 1.68. The molecule has 1 heterocycles. The van der Waals surface area contributed by atoms with Gasteiger partial charge in [-0.25, -0.2) is 0 Å². The van der Waals surface area contributed by atoms with Gasteiger partial charge in [-0.15, -0.1) is 0 Å². The molecule has 1 amide bonds. The van der Waals surface area contributed by atoms with Crippen LogP contribution in [0.25, 0.3) is 0 Å². The molecule has 1 saturated heterocycles. The molecule has 1 aromatic carbocycles. The van der Waals surface area contributed by atoms with E-state index >= 15 is 0 Å². The fourth-order valence-electron chi connectivity index (χ4n) is 2.86. The van der Waals surface area contributed by atoms with Crippen molar-refractivity contribution in [3.05, 3.63) is 29.8 Å². The molecule has 1 aromatic rings. The molecule has 2 atom stereocenters. The van der Waals surface area contributed by atoms with Gasteiger partial charge >= 0.3 is 0 Å². The van der Waals surface area contributed by atoms with Crippen molar-refractivity contribution in [1.29, 1.82) is 0 Å². The van der Waals surface area contributed by atoms with Crippen LogP contribution in [0.3, 0.4) is 0 Å². The first-order valence-electron chi connectivity index (χ1n) is 5.23. The minimum absolute atomic E-state index is 0.152. The first kappa shape index (κ1) is 8.77. The van der Waals surface area contributed by atoms with Crippen LogP contribution in [-0.2, 0) is 10.2 Å². The lowest BCUT2D eigenvalue weighted by Crippen LogP contribution is -2.24. The SMILES string of the molecule is O=CN1CC2CC2(c2cccc(O)c2)C1. The Kier molecular flexibility index (Phi) is 1.61. The highest BCUT2D eigenvalue weighted by Gasteiger charge is 2.60. The van der Waals surface area contributed by atoms with Gasteiger partial charge in [0.25, 0.3) is 0 Å². The number of phenols is 1. The Morgan fingerprint density at radius 2 is 2.40 bits per heavy atom. The molecule has 0 aromatic heterocycles. The Morgan fingerprint density at radius 3 is 3.07 bits per heavy atom. The van der Waals surface area contributed by atoms with E-state index in [9.17, 15) is 9.90 Å². The van der Waals surface area contributed by atoms with Crippen LogP contribution in [0.4, 0.5) is 0 Å². The molecule has 2 aliphatic rings. The van der Waals surface area contributed by atoms with Crippen molar-refractivity contribution in [1.82, 2.24) is 4.90 Å². The number of likely N-dealkylation sites (tertiary alicyclic amines) is 1. The van der Waals surface area contributed by atoms with Crippen LogP contribution in [0.15, 0.2) is 24.3 Å². The van der Waals surface area contributed by atoms with Crippen LogP contribution in [0.2, 0.25) is 0 Å². The molecule has 3 nitrogen and oxygen atoms in total. The normalized spacial score (nSPS) is 32.5. The van der Waals surface area contributed by atoms with Crippen molar-refractivity contribution >= 4 is 6.41 Å². The van der Waals surface area contributed by atoms with Gasteiger partial charge in [0.1, 0.15) is 5.75 Å². The van der Waals surface area contributed by atoms with Crippen molar-refractivity contribution in [2.45, 2.75) is 11.8 Å². The van der Waals surface area contributed by atoms with Crippen LogP contribution >= 0.6 is 0 Å². The van der Waals surface area contributed by atoms with E-state index in [1.165, 1.54) is 5.56 Å². The largest absolute Gasteiger partial charge is 0.508 e. The highest BCUT2D eigenvalue weighted by molar-refractivity contribution is 5.52. The monoisotopic (exact) mass is 203 g/mol. The molecule has 3 rings (SSSR count). The zero-order valence-corrected chi connectivity index (χ0v) is 8.39. The number of fused-ring (bicyclic) bond motifs is 1. The average molecular weight is 203 g/mol. The molecule has 1 aliphatic heterocycles. The van der Waals surface area contributed by atoms with Crippen LogP contribution in [0.5, 0.6) is 5.75 Å². The number of amides is 1. The minimum Gasteiger partial charge on any atom is -0.508 e. The van der Waals surface area contributed by atoms with E-state index in [-0.39, 0.29) is 5.41 Å². The maximum absolute atomic E-state index is 10.7. The third-order valence-corrected chi connectivity index (χ3v) is 3.74. The zero-order valence-electron chi connectivity index (χ0n) is 8.39. The number of piperidine rings is 1. The molecule has 78 valence electrons. The van der Waals surface area contributed by atoms with Crippen molar-refractivity contribution in [3.8, 4) is 5.75 Å². The van der Waals surface area contributed by atoms with Gasteiger partial charge in [-0.3, -0.25) is 4.79 Å². The second-order valence-electron chi connectivity index (χ2n) is 4.64. The number of hydrogen-bond donors (Lipinski definition) is 1. The summed E-state index contributed by atoms with van der Waals surface area (Å²) in [5, 5.41) is 9.45. The zero-order chi connectivity index (χ0) is 10.5. The van der Waals surface area contributed by atoms with E-state index in [0.717, 1.165) is 25.9 Å². The molecule has 1 N–H and O–H groups in total. The van der Waals surface area contributed by atoms with Gasteiger partial charge in [0.15, 0.2) is 0 Å². The lowest BCUT2D eigenvalue weighted by Gasteiger charge is -2.16. The van der Waals surface area contributed by atoms with Gasteiger partial charge in [-0.05, 0) is 30.0 Å². The summed E-state index contributed by atoms with van der Waals surface area (Å²) in [7, 11) is 0. The van der Waals surface area contributed by atoms with Crippen LogP contribution in [-0.4, -0.2) is 29.5 Å². The van der Waals surface area contributed by atoms with Crippen LogP contribution < -0.4 is 0 Å². The molecule has 1 aliphatic carbocycles. The van der Waals surface area contributed by atoms with Gasteiger partial charge in [-0.1, -0.05) is 12.1 Å². The smallest absolute Gasteiger partial charge is 0.209 e. The van der Waals surface area contributed by atoms with E-state index in [1.54, 1.807) is 6.07 Å². The van der Waals surface area contributed by atoms with Crippen LogP contribution in [0.1, 0.15) is 12.0 Å². The second-order valence-corrected chi connectivity index (χ2v) is 4.64. The van der Waals surface area contributed by atoms with E-state index < -0.39 is 0 Å². The minimum atomic E-state index is 0.152. The van der Waals surface area contributed by atoms with Gasteiger partial charge < -0.3 is 10.0 Å². The average Bonchev–Trinajstić information content (AvgIpc) is 2.82. The third kappa shape index (κ3) is 1.16. The highest BCUT2D eigenvalue weighted by Crippen LogP contribution is 2.58. The Morgan fingerprint density at radius 1 is 1.53 bits per heavy atom. The quantitative estimate of drug-likeness (QED) is 0.732. The highest BCUT2D eigenvalue weighted by atomic mass is 16.3. The van der Waals surface area contributed by atoms with Crippen LogP contribution in [0, 0.1) is 5.92 Å². The summed E-state index contributed by atoms with van der Waals surface area (Å²) >= 11 is 0. The molecule has 2 unspecified atom stereocenters. The van der Waals surface area contributed by atoms with Gasteiger partial charge in [0, 0.05) is 18.5 Å². The van der Waals surface area contributed by atoms with E-state index in [0.29, 0.717) is 11.7 Å². The Hall–Kier alpha value is -1.51. The number of carbonyl (C=O) groups excluding carboxylic acids is 1. The maximum atomic E-state index is 10.7. The number of benzene rings is 1. The number of aromatic hydroxyl groups is 1. The molecule has 2 fully saturated rings. The molecule has 3 heteroatoms. The van der Waals surface area contributed by atoms with Gasteiger partial charge in [0.05, 0.1) is 0 Å². The fraction of sp³-hybridized carbons (Fsp3) is 0.417. The Bertz CT molecular complexity index is 418. The van der Waals surface area contributed by atoms with E-state index in [1.807, 2.05) is 23.1 Å². The van der Waals surface area contributed by atoms with Crippen molar-refractivity contribution in [2.24, 2.45) is 5.92 Å². The Labute approximate surface area is 88.3 Å². The molecule has 1 saturated carbocycles. The summed E-state index contributed by atoms with van der Waals surface area (Å²) in [6.07, 6.45) is 2.08. The molecular weight excluding hydrogens is 190 g/mol. The standard InChI is InChI=1S/C12H13NO2/c14-8-13-6-10-5-12(10,7-13)9-2-1-3-11(15)4-9/h1-4,8,10,15H,5-7H2. The van der Waals surface area contributed by atoms with Crippen molar-refractivity contribution in [2.75, 3.05) is 13.1 Å². The molecule has 0 radical (unpaired) electrons. The summed E-state index contributed by atoms with van der Waals surface area (Å²) in [5.74, 6) is 0.918. The van der Waals surface area contributed by atoms with Gasteiger partial charge in [-0.2, -0.15) is 0 Å². The van der Waals surface area contributed by atoms with Crippen molar-refractivity contribution < 1.29 is 9.90 Å². The van der Waals surface area contributed by atoms with Crippen molar-refractivity contribution in [3.63, 3.8) is 0 Å². The summed E-state index contributed by atoms with van der Waals surface area (Å²) in [6, 6.07) is 7.44. The molecule has 0 bridgehead atoms. The summed E-state index contributed by atoms with van der Waals surface area (Å²) < 4.78 is 0. The predicted octanol–water partition coefficient (Wildman–Crippen LogP) is 1.12. The van der Waals surface area contributed by atoms with E-state index in [4.69, 9.17) is 0 Å². The number of hydrogen-bond acceptors (Lipinski definition) is 2.